The fourth-order valence-corrected chi connectivity index (χ4v) is 2.76. The summed E-state index contributed by atoms with van der Waals surface area (Å²) in [5, 5.41) is 11.7. The Morgan fingerprint density at radius 1 is 1.19 bits per heavy atom. The van der Waals surface area contributed by atoms with Gasteiger partial charge >= 0.3 is 5.97 Å². The second-order valence-electron chi connectivity index (χ2n) is 5.72. The molecular weight excluding hydrogens is 268 g/mol. The Balaban J connectivity index is 2.08. The van der Waals surface area contributed by atoms with E-state index in [1.165, 1.54) is 0 Å². The van der Waals surface area contributed by atoms with Crippen LogP contribution < -0.4 is 11.1 Å². The first-order valence-corrected chi connectivity index (χ1v) is 7.41. The van der Waals surface area contributed by atoms with Crippen molar-refractivity contribution in [1.29, 1.82) is 0 Å². The van der Waals surface area contributed by atoms with Crippen LogP contribution in [0.3, 0.4) is 0 Å². The van der Waals surface area contributed by atoms with Crippen LogP contribution in [0, 0.1) is 0 Å². The fourth-order valence-electron chi connectivity index (χ4n) is 2.76. The highest BCUT2D eigenvalue weighted by Gasteiger charge is 2.35. The van der Waals surface area contributed by atoms with E-state index in [4.69, 9.17) is 10.8 Å². The van der Waals surface area contributed by atoms with E-state index in [1.54, 1.807) is 6.07 Å². The molecule has 0 atom stereocenters. The number of para-hydroxylation sites is 1. The Hall–Kier alpha value is -1.88. The van der Waals surface area contributed by atoms with Crippen molar-refractivity contribution in [3.05, 3.63) is 29.8 Å². The first kappa shape index (κ1) is 15.5. The molecule has 2 rings (SSSR count). The van der Waals surface area contributed by atoms with Crippen LogP contribution in [-0.4, -0.2) is 22.5 Å². The summed E-state index contributed by atoms with van der Waals surface area (Å²) in [5.74, 6) is -1.01. The number of aryl methyl sites for hydroxylation is 1. The Morgan fingerprint density at radius 2 is 1.86 bits per heavy atom. The highest BCUT2D eigenvalue weighted by molar-refractivity contribution is 5.98. The third-order valence-electron chi connectivity index (χ3n) is 4.07. The summed E-state index contributed by atoms with van der Waals surface area (Å²) in [7, 11) is 0. The molecule has 1 aromatic rings. The lowest BCUT2D eigenvalue weighted by Gasteiger charge is -2.32. The Bertz CT molecular complexity index is 522. The smallest absolute Gasteiger partial charge is 0.303 e. The number of anilines is 1. The van der Waals surface area contributed by atoms with Gasteiger partial charge in [0.2, 0.25) is 5.91 Å². The number of hydrogen-bond donors (Lipinski definition) is 3. The number of carbonyl (C=O) groups is 2. The summed E-state index contributed by atoms with van der Waals surface area (Å²) in [5.41, 5.74) is 6.92. The number of amides is 1. The van der Waals surface area contributed by atoms with Crippen molar-refractivity contribution in [3.8, 4) is 0 Å². The van der Waals surface area contributed by atoms with Gasteiger partial charge in [-0.05, 0) is 30.9 Å². The molecule has 0 bridgehead atoms. The van der Waals surface area contributed by atoms with E-state index in [-0.39, 0.29) is 12.3 Å². The van der Waals surface area contributed by atoms with Crippen molar-refractivity contribution in [2.45, 2.75) is 50.5 Å². The molecule has 0 unspecified atom stereocenters. The molecule has 4 N–H and O–H groups in total. The van der Waals surface area contributed by atoms with Crippen molar-refractivity contribution in [2.24, 2.45) is 5.73 Å². The summed E-state index contributed by atoms with van der Waals surface area (Å²) < 4.78 is 0. The largest absolute Gasteiger partial charge is 0.481 e. The summed E-state index contributed by atoms with van der Waals surface area (Å²) in [4.78, 5) is 23.1. The van der Waals surface area contributed by atoms with Gasteiger partial charge in [0.25, 0.3) is 0 Å². The second kappa shape index (κ2) is 6.72. The zero-order chi connectivity index (χ0) is 15.3. The third kappa shape index (κ3) is 4.04. The highest BCUT2D eigenvalue weighted by atomic mass is 16.4. The van der Waals surface area contributed by atoms with Crippen LogP contribution in [-0.2, 0) is 16.0 Å². The molecule has 21 heavy (non-hydrogen) atoms. The van der Waals surface area contributed by atoms with E-state index >= 15 is 0 Å². The normalized spacial score (nSPS) is 17.2. The predicted octanol–water partition coefficient (Wildman–Crippen LogP) is 2.30. The zero-order valence-electron chi connectivity index (χ0n) is 12.1. The molecule has 1 saturated carbocycles. The number of aliphatic carboxylic acids is 1. The van der Waals surface area contributed by atoms with Crippen LogP contribution in [0.2, 0.25) is 0 Å². The van der Waals surface area contributed by atoms with Gasteiger partial charge in [0, 0.05) is 12.1 Å². The maximum absolute atomic E-state index is 12.4. The molecule has 0 aromatic heterocycles. The maximum atomic E-state index is 12.4. The van der Waals surface area contributed by atoms with Crippen molar-refractivity contribution in [3.63, 3.8) is 0 Å². The van der Waals surface area contributed by atoms with Crippen LogP contribution >= 0.6 is 0 Å². The summed E-state index contributed by atoms with van der Waals surface area (Å²) >= 11 is 0. The third-order valence-corrected chi connectivity index (χ3v) is 4.07. The topological polar surface area (TPSA) is 92.4 Å². The van der Waals surface area contributed by atoms with Crippen LogP contribution in [0.25, 0.3) is 0 Å². The van der Waals surface area contributed by atoms with Crippen LogP contribution in [0.5, 0.6) is 0 Å². The Kier molecular flexibility index (Phi) is 4.96. The molecule has 0 radical (unpaired) electrons. The Labute approximate surface area is 124 Å². The molecule has 114 valence electrons. The summed E-state index contributed by atoms with van der Waals surface area (Å²) in [6.45, 7) is 0. The molecule has 0 spiro atoms. The first-order chi connectivity index (χ1) is 10.0. The van der Waals surface area contributed by atoms with E-state index in [2.05, 4.69) is 5.32 Å². The van der Waals surface area contributed by atoms with Gasteiger partial charge in [0.15, 0.2) is 0 Å². The lowest BCUT2D eigenvalue weighted by molar-refractivity contribution is -0.137. The van der Waals surface area contributed by atoms with Gasteiger partial charge in [-0.3, -0.25) is 9.59 Å². The molecule has 5 nitrogen and oxygen atoms in total. The molecule has 1 aliphatic carbocycles. The second-order valence-corrected chi connectivity index (χ2v) is 5.72. The first-order valence-electron chi connectivity index (χ1n) is 7.41. The number of nitrogens with one attached hydrogen (secondary N) is 1. The number of carboxylic acids is 1. The molecule has 1 amide bonds. The number of hydrogen-bond acceptors (Lipinski definition) is 3. The molecule has 5 heteroatoms. The standard InChI is InChI=1S/C16H22N2O3/c17-16(10-4-1-5-11-16)15(21)18-13-7-3-2-6-12(13)8-9-14(19)20/h2-3,6-7H,1,4-5,8-11,17H2,(H,18,21)(H,19,20). The molecule has 1 fully saturated rings. The van der Waals surface area contributed by atoms with Gasteiger partial charge in [-0.2, -0.15) is 0 Å². The van der Waals surface area contributed by atoms with Crippen molar-refractivity contribution in [1.82, 2.24) is 0 Å². The lowest BCUT2D eigenvalue weighted by atomic mass is 9.82. The summed E-state index contributed by atoms with van der Waals surface area (Å²) in [6.07, 6.45) is 4.92. The van der Waals surface area contributed by atoms with Gasteiger partial charge in [0.05, 0.1) is 5.54 Å². The van der Waals surface area contributed by atoms with Crippen molar-refractivity contribution >= 4 is 17.6 Å². The molecule has 0 saturated heterocycles. The average Bonchev–Trinajstić information content (AvgIpc) is 2.47. The van der Waals surface area contributed by atoms with Crippen LogP contribution in [0.15, 0.2) is 24.3 Å². The maximum Gasteiger partial charge on any atom is 0.303 e. The number of carboxylic acid groups (broad SMARTS) is 1. The van der Waals surface area contributed by atoms with Gasteiger partial charge < -0.3 is 16.2 Å². The number of nitrogens with two attached hydrogens (primary N) is 1. The zero-order valence-corrected chi connectivity index (χ0v) is 12.1. The number of rotatable bonds is 5. The predicted molar refractivity (Wildman–Crippen MR) is 81.0 cm³/mol. The van der Waals surface area contributed by atoms with Gasteiger partial charge in [-0.15, -0.1) is 0 Å². The van der Waals surface area contributed by atoms with E-state index in [9.17, 15) is 9.59 Å². The van der Waals surface area contributed by atoms with E-state index in [1.807, 2.05) is 18.2 Å². The van der Waals surface area contributed by atoms with Crippen LogP contribution in [0.4, 0.5) is 5.69 Å². The van der Waals surface area contributed by atoms with E-state index in [0.29, 0.717) is 24.9 Å². The quantitative estimate of drug-likeness (QED) is 0.775. The van der Waals surface area contributed by atoms with Gasteiger partial charge in [-0.1, -0.05) is 37.5 Å². The monoisotopic (exact) mass is 290 g/mol. The lowest BCUT2D eigenvalue weighted by Crippen LogP contribution is -2.52. The SMILES string of the molecule is NC1(C(=O)Nc2ccccc2CCC(=O)O)CCCCC1. The fraction of sp³-hybridized carbons (Fsp3) is 0.500. The van der Waals surface area contributed by atoms with E-state index < -0.39 is 11.5 Å². The minimum atomic E-state index is -0.848. The highest BCUT2D eigenvalue weighted by Crippen LogP contribution is 2.28. The molecule has 0 aliphatic heterocycles. The minimum Gasteiger partial charge on any atom is -0.481 e. The van der Waals surface area contributed by atoms with E-state index in [0.717, 1.165) is 24.8 Å². The van der Waals surface area contributed by atoms with Crippen LogP contribution in [0.1, 0.15) is 44.1 Å². The number of carbonyl (C=O) groups excluding carboxylic acids is 1. The van der Waals surface area contributed by atoms with Crippen molar-refractivity contribution < 1.29 is 14.7 Å². The molecule has 1 aliphatic rings. The number of benzene rings is 1. The Morgan fingerprint density at radius 3 is 2.52 bits per heavy atom. The molecule has 1 aromatic carbocycles. The van der Waals surface area contributed by atoms with Gasteiger partial charge in [-0.25, -0.2) is 0 Å². The van der Waals surface area contributed by atoms with Crippen molar-refractivity contribution in [2.75, 3.05) is 5.32 Å². The molecular formula is C16H22N2O3. The molecule has 0 heterocycles. The minimum absolute atomic E-state index is 0.0423. The van der Waals surface area contributed by atoms with Gasteiger partial charge in [0.1, 0.15) is 0 Å². The average molecular weight is 290 g/mol. The summed E-state index contributed by atoms with van der Waals surface area (Å²) in [6, 6.07) is 7.29.